The molecule has 1 fully saturated rings. The first-order chi connectivity index (χ1) is 5.97. The van der Waals surface area contributed by atoms with Gasteiger partial charge in [0.25, 0.3) is 0 Å². The van der Waals surface area contributed by atoms with Crippen LogP contribution in [0, 0.1) is 10.8 Å². The lowest BCUT2D eigenvalue weighted by Gasteiger charge is -2.35. The van der Waals surface area contributed by atoms with Crippen molar-refractivity contribution in [3.05, 3.63) is 0 Å². The van der Waals surface area contributed by atoms with E-state index >= 15 is 0 Å². The summed E-state index contributed by atoms with van der Waals surface area (Å²) in [6.07, 6.45) is 8.29. The first kappa shape index (κ1) is 11.0. The highest BCUT2D eigenvalue weighted by Gasteiger charge is 2.36. The molecule has 0 saturated heterocycles. The van der Waals surface area contributed by atoms with Crippen molar-refractivity contribution in [1.82, 2.24) is 0 Å². The minimum atomic E-state index is 0.472. The Labute approximate surface area is 83.1 Å². The van der Waals surface area contributed by atoms with Crippen LogP contribution in [0.3, 0.4) is 0 Å². The minimum Gasteiger partial charge on any atom is -0.330 e. The molecule has 1 heteroatoms. The summed E-state index contributed by atoms with van der Waals surface area (Å²) in [4.78, 5) is 0. The van der Waals surface area contributed by atoms with Crippen molar-refractivity contribution < 1.29 is 0 Å². The van der Waals surface area contributed by atoms with Gasteiger partial charge >= 0.3 is 0 Å². The van der Waals surface area contributed by atoms with Crippen LogP contribution in [0.5, 0.6) is 0 Å². The molecule has 13 heavy (non-hydrogen) atoms. The Morgan fingerprint density at radius 1 is 1.15 bits per heavy atom. The molecule has 0 aliphatic heterocycles. The highest BCUT2D eigenvalue weighted by atomic mass is 14.6. The summed E-state index contributed by atoms with van der Waals surface area (Å²) in [5.74, 6) is 0. The maximum absolute atomic E-state index is 5.71. The first-order valence-electron chi connectivity index (χ1n) is 5.68. The average Bonchev–Trinajstić information content (AvgIpc) is 2.33. The number of hydrogen-bond donors (Lipinski definition) is 1. The van der Waals surface area contributed by atoms with Crippen LogP contribution >= 0.6 is 0 Å². The largest absolute Gasteiger partial charge is 0.330 e. The Kier molecular flexibility index (Phi) is 3.39. The molecule has 0 atom stereocenters. The molecule has 0 heterocycles. The van der Waals surface area contributed by atoms with Gasteiger partial charge in [-0.2, -0.15) is 0 Å². The predicted molar refractivity (Wildman–Crippen MR) is 58.6 cm³/mol. The second kappa shape index (κ2) is 4.00. The predicted octanol–water partition coefficient (Wildman–Crippen LogP) is 3.33. The van der Waals surface area contributed by atoms with Gasteiger partial charge in [-0.15, -0.1) is 0 Å². The van der Waals surface area contributed by atoms with Crippen molar-refractivity contribution in [3.8, 4) is 0 Å². The van der Waals surface area contributed by atoms with Gasteiger partial charge in [-0.05, 0) is 43.1 Å². The lowest BCUT2D eigenvalue weighted by molar-refractivity contribution is 0.165. The molecule has 1 aliphatic carbocycles. The number of rotatable bonds is 3. The van der Waals surface area contributed by atoms with Gasteiger partial charge in [-0.1, -0.05) is 33.6 Å². The molecule has 0 aromatic heterocycles. The van der Waals surface area contributed by atoms with Crippen molar-refractivity contribution in [2.45, 2.75) is 59.3 Å². The van der Waals surface area contributed by atoms with Gasteiger partial charge in [-0.3, -0.25) is 0 Å². The fraction of sp³-hybridized carbons (Fsp3) is 1.00. The zero-order valence-corrected chi connectivity index (χ0v) is 9.53. The van der Waals surface area contributed by atoms with Crippen LogP contribution in [0.4, 0.5) is 0 Å². The molecule has 1 rings (SSSR count). The number of nitrogens with two attached hydrogens (primary N) is 1. The van der Waals surface area contributed by atoms with E-state index in [4.69, 9.17) is 5.73 Å². The summed E-state index contributed by atoms with van der Waals surface area (Å²) in [6.45, 7) is 7.92. The molecule has 0 spiro atoms. The molecule has 0 radical (unpaired) electrons. The van der Waals surface area contributed by atoms with Crippen LogP contribution < -0.4 is 5.73 Å². The van der Waals surface area contributed by atoms with E-state index < -0.39 is 0 Å². The Bertz CT molecular complexity index is 149. The molecule has 0 aromatic rings. The lowest BCUT2D eigenvalue weighted by atomic mass is 9.71. The van der Waals surface area contributed by atoms with E-state index in [1.165, 1.54) is 38.5 Å². The summed E-state index contributed by atoms with van der Waals surface area (Å²) >= 11 is 0. The fourth-order valence-electron chi connectivity index (χ4n) is 3.07. The minimum absolute atomic E-state index is 0.472. The normalized spacial score (nSPS) is 22.2. The smallest absolute Gasteiger partial charge is 0.00720 e. The highest BCUT2D eigenvalue weighted by Crippen LogP contribution is 2.48. The van der Waals surface area contributed by atoms with E-state index in [-0.39, 0.29) is 0 Å². The zero-order chi connectivity index (χ0) is 9.95. The Morgan fingerprint density at radius 2 is 1.69 bits per heavy atom. The summed E-state index contributed by atoms with van der Waals surface area (Å²) in [6, 6.07) is 0. The maximum Gasteiger partial charge on any atom is -0.00720 e. The van der Waals surface area contributed by atoms with Crippen LogP contribution in [-0.2, 0) is 0 Å². The van der Waals surface area contributed by atoms with Crippen molar-refractivity contribution in [2.24, 2.45) is 16.6 Å². The Morgan fingerprint density at radius 3 is 2.08 bits per heavy atom. The van der Waals surface area contributed by atoms with Gasteiger partial charge in [0.15, 0.2) is 0 Å². The molecule has 0 bridgehead atoms. The van der Waals surface area contributed by atoms with Crippen LogP contribution in [-0.4, -0.2) is 6.54 Å². The average molecular weight is 183 g/mol. The van der Waals surface area contributed by atoms with E-state index in [0.717, 1.165) is 6.54 Å². The van der Waals surface area contributed by atoms with Crippen molar-refractivity contribution in [1.29, 1.82) is 0 Å². The topological polar surface area (TPSA) is 26.0 Å². The Balaban J connectivity index is 2.56. The second-order valence-electron chi connectivity index (χ2n) is 5.98. The van der Waals surface area contributed by atoms with Gasteiger partial charge in [0.1, 0.15) is 0 Å². The van der Waals surface area contributed by atoms with Gasteiger partial charge < -0.3 is 5.73 Å². The van der Waals surface area contributed by atoms with Crippen LogP contribution in [0.15, 0.2) is 0 Å². The molecular weight excluding hydrogens is 158 g/mol. The zero-order valence-electron chi connectivity index (χ0n) is 9.53. The van der Waals surface area contributed by atoms with E-state index in [9.17, 15) is 0 Å². The van der Waals surface area contributed by atoms with E-state index in [1.54, 1.807) is 0 Å². The lowest BCUT2D eigenvalue weighted by Crippen LogP contribution is -2.26. The van der Waals surface area contributed by atoms with Crippen molar-refractivity contribution in [3.63, 3.8) is 0 Å². The third kappa shape index (κ3) is 3.30. The van der Waals surface area contributed by atoms with Crippen LogP contribution in [0.2, 0.25) is 0 Å². The third-order valence-corrected chi connectivity index (χ3v) is 3.24. The molecule has 2 N–H and O–H groups in total. The fourth-order valence-corrected chi connectivity index (χ4v) is 3.07. The van der Waals surface area contributed by atoms with Gasteiger partial charge in [0, 0.05) is 0 Å². The molecule has 1 nitrogen and oxygen atoms in total. The first-order valence-corrected chi connectivity index (χ1v) is 5.68. The van der Waals surface area contributed by atoms with E-state index in [0.29, 0.717) is 10.8 Å². The molecule has 1 aliphatic rings. The third-order valence-electron chi connectivity index (χ3n) is 3.24. The molecule has 0 aromatic carbocycles. The van der Waals surface area contributed by atoms with Gasteiger partial charge in [-0.25, -0.2) is 0 Å². The van der Waals surface area contributed by atoms with E-state index in [1.807, 2.05) is 0 Å². The standard InChI is InChI=1S/C12H25N/c1-11(2,3)10-12(8-9-13)6-4-5-7-12/h4-10,13H2,1-3H3. The van der Waals surface area contributed by atoms with Crippen molar-refractivity contribution in [2.75, 3.05) is 6.54 Å². The quantitative estimate of drug-likeness (QED) is 0.713. The molecule has 0 amide bonds. The summed E-state index contributed by atoms with van der Waals surface area (Å²) in [5.41, 5.74) is 6.79. The molecular formula is C12H25N. The Hall–Kier alpha value is -0.0400. The molecule has 78 valence electrons. The van der Waals surface area contributed by atoms with Gasteiger partial charge in [0.05, 0.1) is 0 Å². The monoisotopic (exact) mass is 183 g/mol. The summed E-state index contributed by atoms with van der Waals surface area (Å²) < 4.78 is 0. The summed E-state index contributed by atoms with van der Waals surface area (Å²) in [7, 11) is 0. The highest BCUT2D eigenvalue weighted by molar-refractivity contribution is 4.88. The number of hydrogen-bond acceptors (Lipinski definition) is 1. The molecule has 0 unspecified atom stereocenters. The second-order valence-corrected chi connectivity index (χ2v) is 5.98. The van der Waals surface area contributed by atoms with Crippen LogP contribution in [0.1, 0.15) is 59.3 Å². The van der Waals surface area contributed by atoms with Gasteiger partial charge in [0.2, 0.25) is 0 Å². The summed E-state index contributed by atoms with van der Waals surface area (Å²) in [5, 5.41) is 0. The van der Waals surface area contributed by atoms with Crippen LogP contribution in [0.25, 0.3) is 0 Å². The SMILES string of the molecule is CC(C)(C)CC1(CCN)CCCC1. The molecule has 1 saturated carbocycles. The maximum atomic E-state index is 5.71. The van der Waals surface area contributed by atoms with E-state index in [2.05, 4.69) is 20.8 Å². The van der Waals surface area contributed by atoms with Crippen molar-refractivity contribution >= 4 is 0 Å².